The Bertz CT molecular complexity index is 782. The zero-order chi connectivity index (χ0) is 19.2. The van der Waals surface area contributed by atoms with Gasteiger partial charge in [-0.25, -0.2) is 4.98 Å². The van der Waals surface area contributed by atoms with Crippen molar-refractivity contribution in [2.75, 3.05) is 26.7 Å². The van der Waals surface area contributed by atoms with Crippen LogP contribution in [0.5, 0.6) is 0 Å². The molecular weight excluding hydrogens is 378 g/mol. The molecule has 146 valence electrons. The number of likely N-dealkylation sites (tertiary alicyclic amines) is 1. The molecule has 0 bridgehead atoms. The van der Waals surface area contributed by atoms with E-state index < -0.39 is 0 Å². The van der Waals surface area contributed by atoms with Crippen molar-refractivity contribution in [3.05, 3.63) is 50.4 Å². The van der Waals surface area contributed by atoms with Crippen molar-refractivity contribution < 1.29 is 0 Å². The van der Waals surface area contributed by atoms with E-state index in [0.717, 1.165) is 47.9 Å². The quantitative estimate of drug-likeness (QED) is 0.565. The summed E-state index contributed by atoms with van der Waals surface area (Å²) < 4.78 is 0. The summed E-state index contributed by atoms with van der Waals surface area (Å²) in [6.07, 6.45) is 2.52. The number of nitrogens with zero attached hydrogens (tertiary/aromatic N) is 3. The summed E-state index contributed by atoms with van der Waals surface area (Å²) in [5, 5.41) is 8.80. The molecule has 1 aromatic heterocycles. The Labute approximate surface area is 170 Å². The Hall–Kier alpha value is -1.63. The van der Waals surface area contributed by atoms with Crippen LogP contribution in [0.4, 0.5) is 0 Å². The van der Waals surface area contributed by atoms with Crippen LogP contribution in [-0.4, -0.2) is 42.5 Å². The second-order valence-electron chi connectivity index (χ2n) is 6.86. The molecule has 2 heterocycles. The van der Waals surface area contributed by atoms with E-state index >= 15 is 0 Å². The first-order chi connectivity index (χ1) is 13.1. The van der Waals surface area contributed by atoms with Gasteiger partial charge in [-0.15, -0.1) is 11.3 Å². The summed E-state index contributed by atoms with van der Waals surface area (Å²) in [5.74, 6) is 0.812. The maximum atomic E-state index is 6.24. The Morgan fingerprint density at radius 1 is 1.30 bits per heavy atom. The maximum absolute atomic E-state index is 6.24. The number of aryl methyl sites for hydroxylation is 2. The first kappa shape index (κ1) is 20.1. The first-order valence-corrected chi connectivity index (χ1v) is 10.6. The van der Waals surface area contributed by atoms with Crippen molar-refractivity contribution in [2.45, 2.75) is 39.3 Å². The standard InChI is InChI=1S/C20H28ClN5S/c1-14-19(27-15(2)25-14)13-24-20(22-3)23-12-18(26-9-4-5-10-26)16-7-6-8-17(21)11-16/h6-8,11,18H,4-5,9-10,12-13H2,1-3H3,(H2,22,23,24). The number of aromatic nitrogens is 1. The van der Waals surface area contributed by atoms with Crippen LogP contribution >= 0.6 is 22.9 Å². The highest BCUT2D eigenvalue weighted by Crippen LogP contribution is 2.26. The normalized spacial score (nSPS) is 16.5. The van der Waals surface area contributed by atoms with Crippen LogP contribution in [-0.2, 0) is 6.54 Å². The van der Waals surface area contributed by atoms with E-state index in [0.29, 0.717) is 0 Å². The first-order valence-electron chi connectivity index (χ1n) is 9.43. The molecule has 2 N–H and O–H groups in total. The molecule has 1 atom stereocenters. The van der Waals surface area contributed by atoms with Gasteiger partial charge in [0.1, 0.15) is 0 Å². The van der Waals surface area contributed by atoms with Crippen molar-refractivity contribution in [3.63, 3.8) is 0 Å². The molecule has 1 aromatic carbocycles. The van der Waals surface area contributed by atoms with Gasteiger partial charge in [0, 0.05) is 23.5 Å². The van der Waals surface area contributed by atoms with Gasteiger partial charge in [-0.2, -0.15) is 0 Å². The predicted octanol–water partition coefficient (Wildman–Crippen LogP) is 3.92. The summed E-state index contributed by atoms with van der Waals surface area (Å²) in [6, 6.07) is 8.49. The molecule has 0 aliphatic carbocycles. The van der Waals surface area contributed by atoms with E-state index in [1.807, 2.05) is 26.1 Å². The van der Waals surface area contributed by atoms with Crippen molar-refractivity contribution >= 4 is 28.9 Å². The number of hydrogen-bond acceptors (Lipinski definition) is 4. The van der Waals surface area contributed by atoms with Crippen LogP contribution in [0.1, 0.15) is 40.0 Å². The van der Waals surface area contributed by atoms with Gasteiger partial charge in [0.15, 0.2) is 5.96 Å². The number of rotatable bonds is 6. The zero-order valence-electron chi connectivity index (χ0n) is 16.3. The fourth-order valence-corrected chi connectivity index (χ4v) is 4.62. The molecule has 0 radical (unpaired) electrons. The lowest BCUT2D eigenvalue weighted by Gasteiger charge is -2.29. The minimum Gasteiger partial charge on any atom is -0.354 e. The van der Waals surface area contributed by atoms with Gasteiger partial charge < -0.3 is 10.6 Å². The molecule has 1 fully saturated rings. The van der Waals surface area contributed by atoms with Gasteiger partial charge in [0.25, 0.3) is 0 Å². The molecule has 1 saturated heterocycles. The summed E-state index contributed by atoms with van der Waals surface area (Å²) >= 11 is 7.97. The van der Waals surface area contributed by atoms with E-state index in [9.17, 15) is 0 Å². The topological polar surface area (TPSA) is 52.6 Å². The summed E-state index contributed by atoms with van der Waals surface area (Å²) in [4.78, 5) is 12.7. The number of benzene rings is 1. The maximum Gasteiger partial charge on any atom is 0.191 e. The Morgan fingerprint density at radius 2 is 2.07 bits per heavy atom. The molecule has 3 rings (SSSR count). The van der Waals surface area contributed by atoms with E-state index in [4.69, 9.17) is 11.6 Å². The fourth-order valence-electron chi connectivity index (χ4n) is 3.54. The lowest BCUT2D eigenvalue weighted by Crippen LogP contribution is -2.42. The third-order valence-corrected chi connectivity index (χ3v) is 6.23. The molecule has 2 aromatic rings. The molecule has 0 saturated carbocycles. The average molecular weight is 406 g/mol. The number of aliphatic imine (C=N–C) groups is 1. The van der Waals surface area contributed by atoms with E-state index in [1.165, 1.54) is 23.3 Å². The van der Waals surface area contributed by atoms with Gasteiger partial charge in [0.05, 0.1) is 23.3 Å². The minimum absolute atomic E-state index is 0.289. The van der Waals surface area contributed by atoms with Crippen LogP contribution in [0.2, 0.25) is 5.02 Å². The summed E-state index contributed by atoms with van der Waals surface area (Å²) in [5.41, 5.74) is 2.34. The molecule has 7 heteroatoms. The monoisotopic (exact) mass is 405 g/mol. The Kier molecular flexibility index (Phi) is 7.10. The summed E-state index contributed by atoms with van der Waals surface area (Å²) in [6.45, 7) is 7.89. The molecule has 1 aliphatic heterocycles. The van der Waals surface area contributed by atoms with Gasteiger partial charge >= 0.3 is 0 Å². The number of guanidine groups is 1. The minimum atomic E-state index is 0.289. The second-order valence-corrected chi connectivity index (χ2v) is 8.59. The van der Waals surface area contributed by atoms with Crippen LogP contribution < -0.4 is 10.6 Å². The third kappa shape index (κ3) is 5.43. The van der Waals surface area contributed by atoms with Crippen molar-refractivity contribution in [2.24, 2.45) is 4.99 Å². The van der Waals surface area contributed by atoms with Crippen LogP contribution in [0.25, 0.3) is 0 Å². The second kappa shape index (κ2) is 9.53. The molecule has 0 amide bonds. The van der Waals surface area contributed by atoms with Gasteiger partial charge in [-0.05, 0) is 57.5 Å². The third-order valence-electron chi connectivity index (χ3n) is 4.92. The molecule has 5 nitrogen and oxygen atoms in total. The Balaban J connectivity index is 1.63. The van der Waals surface area contributed by atoms with Gasteiger partial charge in [-0.1, -0.05) is 23.7 Å². The number of nitrogens with one attached hydrogen (secondary N) is 2. The zero-order valence-corrected chi connectivity index (χ0v) is 17.8. The van der Waals surface area contributed by atoms with Crippen LogP contribution in [0, 0.1) is 13.8 Å². The van der Waals surface area contributed by atoms with Crippen molar-refractivity contribution in [1.82, 2.24) is 20.5 Å². The Morgan fingerprint density at radius 3 is 2.70 bits per heavy atom. The molecule has 0 spiro atoms. The van der Waals surface area contributed by atoms with Crippen molar-refractivity contribution in [1.29, 1.82) is 0 Å². The number of hydrogen-bond donors (Lipinski definition) is 2. The largest absolute Gasteiger partial charge is 0.354 e. The van der Waals surface area contributed by atoms with Crippen LogP contribution in [0.3, 0.4) is 0 Å². The van der Waals surface area contributed by atoms with Crippen molar-refractivity contribution in [3.8, 4) is 0 Å². The highest BCUT2D eigenvalue weighted by Gasteiger charge is 2.23. The molecular formula is C20H28ClN5S. The van der Waals surface area contributed by atoms with E-state index in [-0.39, 0.29) is 6.04 Å². The van der Waals surface area contributed by atoms with Gasteiger partial charge in [0.2, 0.25) is 0 Å². The molecule has 1 aliphatic rings. The SMILES string of the molecule is CN=C(NCc1sc(C)nc1C)NCC(c1cccc(Cl)c1)N1CCCC1. The fraction of sp³-hybridized carbons (Fsp3) is 0.500. The lowest BCUT2D eigenvalue weighted by atomic mass is 10.1. The average Bonchev–Trinajstić information content (AvgIpc) is 3.28. The molecule has 1 unspecified atom stereocenters. The van der Waals surface area contributed by atoms with Crippen LogP contribution in [0.15, 0.2) is 29.3 Å². The highest BCUT2D eigenvalue weighted by atomic mass is 35.5. The number of halogens is 1. The summed E-state index contributed by atoms with van der Waals surface area (Å²) in [7, 11) is 1.81. The predicted molar refractivity (Wildman–Crippen MR) is 115 cm³/mol. The smallest absolute Gasteiger partial charge is 0.191 e. The van der Waals surface area contributed by atoms with E-state index in [1.54, 1.807) is 11.3 Å². The number of thiazole rings is 1. The molecule has 27 heavy (non-hydrogen) atoms. The van der Waals surface area contributed by atoms with Gasteiger partial charge in [-0.3, -0.25) is 9.89 Å². The highest BCUT2D eigenvalue weighted by molar-refractivity contribution is 7.11. The van der Waals surface area contributed by atoms with E-state index in [2.05, 4.69) is 44.6 Å². The lowest BCUT2D eigenvalue weighted by molar-refractivity contribution is 0.245.